The number of benzene rings is 1. The highest BCUT2D eigenvalue weighted by Gasteiger charge is 2.39. The summed E-state index contributed by atoms with van der Waals surface area (Å²) in [4.78, 5) is 4.71. The molecule has 2 aliphatic rings. The highest BCUT2D eigenvalue weighted by Crippen LogP contribution is 2.45. The van der Waals surface area contributed by atoms with Crippen LogP contribution < -0.4 is 5.32 Å². The summed E-state index contributed by atoms with van der Waals surface area (Å²) in [7, 11) is 2.10. The Morgan fingerprint density at radius 2 is 2.11 bits per heavy atom. The fourth-order valence-electron chi connectivity index (χ4n) is 3.86. The summed E-state index contributed by atoms with van der Waals surface area (Å²) in [5.74, 6) is 2.89. The molecule has 1 heterocycles. The number of anilines is 1. The summed E-state index contributed by atoms with van der Waals surface area (Å²) in [6.45, 7) is 0. The fraction of sp³-hybridized carbons (Fsp3) is 0.533. The third-order valence-electron chi connectivity index (χ3n) is 4.84. The molecule has 0 aliphatic heterocycles. The van der Waals surface area contributed by atoms with E-state index in [1.54, 1.807) is 0 Å². The topological polar surface area (TPSA) is 29.9 Å². The highest BCUT2D eigenvalue weighted by molar-refractivity contribution is 5.78. The zero-order valence-electron chi connectivity index (χ0n) is 10.8. The minimum Gasteiger partial charge on any atom is -0.353 e. The van der Waals surface area contributed by atoms with Gasteiger partial charge in [0.15, 0.2) is 0 Å². The lowest BCUT2D eigenvalue weighted by molar-refractivity contribution is 0.437. The maximum atomic E-state index is 4.71. The summed E-state index contributed by atoms with van der Waals surface area (Å²) in [5, 5.41) is 3.68. The predicted octanol–water partition coefficient (Wildman–Crippen LogP) is 3.17. The van der Waals surface area contributed by atoms with Crippen molar-refractivity contribution in [1.29, 1.82) is 0 Å². The van der Waals surface area contributed by atoms with E-state index in [2.05, 4.69) is 41.2 Å². The summed E-state index contributed by atoms with van der Waals surface area (Å²) >= 11 is 0. The Bertz CT molecular complexity index is 586. The molecule has 3 nitrogen and oxygen atoms in total. The minimum atomic E-state index is 0.652. The van der Waals surface area contributed by atoms with E-state index in [0.717, 1.165) is 23.3 Å². The van der Waals surface area contributed by atoms with Crippen molar-refractivity contribution < 1.29 is 0 Å². The van der Waals surface area contributed by atoms with Gasteiger partial charge in [0, 0.05) is 13.1 Å². The third kappa shape index (κ3) is 1.46. The molecule has 2 aliphatic carbocycles. The van der Waals surface area contributed by atoms with Gasteiger partial charge in [0.1, 0.15) is 0 Å². The van der Waals surface area contributed by atoms with E-state index in [1.807, 2.05) is 0 Å². The van der Waals surface area contributed by atoms with Gasteiger partial charge in [-0.25, -0.2) is 4.98 Å². The Hall–Kier alpha value is -1.51. The molecule has 0 spiro atoms. The number of nitrogens with one attached hydrogen (secondary N) is 1. The largest absolute Gasteiger partial charge is 0.353 e. The average molecular weight is 241 g/mol. The van der Waals surface area contributed by atoms with Crippen molar-refractivity contribution in [1.82, 2.24) is 9.55 Å². The van der Waals surface area contributed by atoms with Gasteiger partial charge in [0.2, 0.25) is 5.95 Å². The molecule has 2 saturated carbocycles. The lowest BCUT2D eigenvalue weighted by atomic mass is 9.95. The smallest absolute Gasteiger partial charge is 0.203 e. The van der Waals surface area contributed by atoms with E-state index in [0.29, 0.717) is 6.04 Å². The number of nitrogens with zero attached hydrogens (tertiary/aromatic N) is 2. The molecule has 0 radical (unpaired) electrons. The van der Waals surface area contributed by atoms with E-state index in [-0.39, 0.29) is 0 Å². The molecule has 2 fully saturated rings. The first-order valence-electron chi connectivity index (χ1n) is 6.99. The molecule has 2 bridgehead atoms. The van der Waals surface area contributed by atoms with Gasteiger partial charge >= 0.3 is 0 Å². The lowest BCUT2D eigenvalue weighted by Gasteiger charge is -2.23. The minimum absolute atomic E-state index is 0.652. The maximum Gasteiger partial charge on any atom is 0.203 e. The van der Waals surface area contributed by atoms with Gasteiger partial charge in [-0.1, -0.05) is 18.6 Å². The Balaban J connectivity index is 1.65. The third-order valence-corrected chi connectivity index (χ3v) is 4.84. The SMILES string of the molecule is Cn1c(NC2CC3CCC2C3)nc2ccccc21. The normalized spacial score (nSPS) is 30.2. The standard InChI is InChI=1S/C15H19N3/c1-18-14-5-3-2-4-12(14)16-15(18)17-13-9-10-6-7-11(13)8-10/h2-5,10-11,13H,6-9H2,1H3,(H,16,17). The zero-order chi connectivity index (χ0) is 12.1. The van der Waals surface area contributed by atoms with Gasteiger partial charge < -0.3 is 9.88 Å². The molecule has 94 valence electrons. The van der Waals surface area contributed by atoms with Gasteiger partial charge in [0.25, 0.3) is 0 Å². The Kier molecular flexibility index (Phi) is 2.16. The molecule has 3 unspecified atom stereocenters. The van der Waals surface area contributed by atoms with E-state index in [1.165, 1.54) is 31.2 Å². The molecule has 3 atom stereocenters. The van der Waals surface area contributed by atoms with Crippen LogP contribution >= 0.6 is 0 Å². The van der Waals surface area contributed by atoms with Crippen LogP contribution in [0.5, 0.6) is 0 Å². The molecule has 1 aromatic heterocycles. The first-order chi connectivity index (χ1) is 8.81. The second-order valence-corrected chi connectivity index (χ2v) is 5.91. The van der Waals surface area contributed by atoms with Crippen LogP contribution in [0.3, 0.4) is 0 Å². The lowest BCUT2D eigenvalue weighted by Crippen LogP contribution is -2.27. The van der Waals surface area contributed by atoms with Crippen molar-refractivity contribution in [3.8, 4) is 0 Å². The molecule has 1 N–H and O–H groups in total. The molecule has 1 aromatic carbocycles. The molecule has 18 heavy (non-hydrogen) atoms. The van der Waals surface area contributed by atoms with Crippen molar-refractivity contribution >= 4 is 17.0 Å². The van der Waals surface area contributed by atoms with E-state index < -0.39 is 0 Å². The van der Waals surface area contributed by atoms with Crippen molar-refractivity contribution in [3.63, 3.8) is 0 Å². The van der Waals surface area contributed by atoms with Crippen molar-refractivity contribution in [3.05, 3.63) is 24.3 Å². The average Bonchev–Trinajstić information content (AvgIpc) is 3.06. The van der Waals surface area contributed by atoms with Gasteiger partial charge in [-0.05, 0) is 43.2 Å². The Labute approximate surface area is 107 Å². The van der Waals surface area contributed by atoms with Crippen molar-refractivity contribution in [2.24, 2.45) is 18.9 Å². The molecule has 0 amide bonds. The quantitative estimate of drug-likeness (QED) is 0.875. The number of aromatic nitrogens is 2. The summed E-state index contributed by atoms with van der Waals surface area (Å²) < 4.78 is 2.18. The van der Waals surface area contributed by atoms with Gasteiger partial charge in [-0.3, -0.25) is 0 Å². The van der Waals surface area contributed by atoms with Gasteiger partial charge in [0.05, 0.1) is 11.0 Å². The summed E-state index contributed by atoms with van der Waals surface area (Å²) in [5.41, 5.74) is 2.30. The van der Waals surface area contributed by atoms with Crippen molar-refractivity contribution in [2.45, 2.75) is 31.7 Å². The van der Waals surface area contributed by atoms with Crippen LogP contribution in [-0.2, 0) is 7.05 Å². The number of rotatable bonds is 2. The predicted molar refractivity (Wildman–Crippen MR) is 73.6 cm³/mol. The van der Waals surface area contributed by atoms with Crippen LogP contribution in [0.15, 0.2) is 24.3 Å². The van der Waals surface area contributed by atoms with E-state index >= 15 is 0 Å². The monoisotopic (exact) mass is 241 g/mol. The summed E-state index contributed by atoms with van der Waals surface area (Å²) in [6.07, 6.45) is 5.63. The molecule has 4 rings (SSSR count). The molecular weight excluding hydrogens is 222 g/mol. The van der Waals surface area contributed by atoms with Crippen molar-refractivity contribution in [2.75, 3.05) is 5.32 Å². The number of hydrogen-bond acceptors (Lipinski definition) is 2. The number of aryl methyl sites for hydroxylation is 1. The first-order valence-corrected chi connectivity index (χ1v) is 6.99. The maximum absolute atomic E-state index is 4.71. The molecule has 3 heteroatoms. The Morgan fingerprint density at radius 1 is 1.22 bits per heavy atom. The zero-order valence-corrected chi connectivity index (χ0v) is 10.8. The number of hydrogen-bond donors (Lipinski definition) is 1. The van der Waals surface area contributed by atoms with E-state index in [4.69, 9.17) is 4.98 Å². The molecular formula is C15H19N3. The van der Waals surface area contributed by atoms with E-state index in [9.17, 15) is 0 Å². The van der Waals surface area contributed by atoms with Crippen LogP contribution in [-0.4, -0.2) is 15.6 Å². The summed E-state index contributed by atoms with van der Waals surface area (Å²) in [6, 6.07) is 9.00. The van der Waals surface area contributed by atoms with Gasteiger partial charge in [-0.15, -0.1) is 0 Å². The van der Waals surface area contributed by atoms with Gasteiger partial charge in [-0.2, -0.15) is 0 Å². The first kappa shape index (κ1) is 10.4. The van der Waals surface area contributed by atoms with Crippen LogP contribution in [0.4, 0.5) is 5.95 Å². The second kappa shape index (κ2) is 3.74. The van der Waals surface area contributed by atoms with Crippen LogP contribution in [0.1, 0.15) is 25.7 Å². The highest BCUT2D eigenvalue weighted by atomic mass is 15.2. The number of imidazole rings is 1. The van der Waals surface area contributed by atoms with Crippen LogP contribution in [0.2, 0.25) is 0 Å². The molecule has 0 saturated heterocycles. The molecule has 2 aromatic rings. The fourth-order valence-corrected chi connectivity index (χ4v) is 3.86. The second-order valence-electron chi connectivity index (χ2n) is 5.91. The van der Waals surface area contributed by atoms with Crippen LogP contribution in [0, 0.1) is 11.8 Å². The van der Waals surface area contributed by atoms with Crippen LogP contribution in [0.25, 0.3) is 11.0 Å². The Morgan fingerprint density at radius 3 is 2.83 bits per heavy atom. The number of fused-ring (bicyclic) bond motifs is 3. The number of para-hydroxylation sites is 2.